The molecule has 2 amide bonds. The van der Waals surface area contributed by atoms with Crippen LogP contribution in [-0.2, 0) is 16.0 Å². The van der Waals surface area contributed by atoms with Gasteiger partial charge in [-0.2, -0.15) is 0 Å². The molecular formula is C17H17N3O4S. The van der Waals surface area contributed by atoms with Gasteiger partial charge in [-0.05, 0) is 18.4 Å². The molecular weight excluding hydrogens is 342 g/mol. The van der Waals surface area contributed by atoms with Crippen molar-refractivity contribution in [1.29, 1.82) is 0 Å². The number of aliphatic carboxylic acids is 1. The number of nitrogens with one attached hydrogen (secondary N) is 1. The number of carboxylic acids is 1. The molecule has 2 heterocycles. The molecule has 1 aromatic carbocycles. The number of aromatic nitrogens is 1. The predicted molar refractivity (Wildman–Crippen MR) is 92.6 cm³/mol. The van der Waals surface area contributed by atoms with Gasteiger partial charge in [-0.15, -0.1) is 11.3 Å². The van der Waals surface area contributed by atoms with Gasteiger partial charge < -0.3 is 15.3 Å². The monoisotopic (exact) mass is 359 g/mol. The van der Waals surface area contributed by atoms with E-state index in [1.807, 2.05) is 30.3 Å². The van der Waals surface area contributed by atoms with Gasteiger partial charge >= 0.3 is 5.97 Å². The van der Waals surface area contributed by atoms with E-state index in [9.17, 15) is 19.5 Å². The normalized spacial score (nSPS) is 16.6. The minimum absolute atomic E-state index is 0.160. The van der Waals surface area contributed by atoms with E-state index in [0.29, 0.717) is 24.5 Å². The first-order valence-corrected chi connectivity index (χ1v) is 8.75. The Bertz CT molecular complexity index is 790. The van der Waals surface area contributed by atoms with Crippen LogP contribution in [0.15, 0.2) is 35.7 Å². The van der Waals surface area contributed by atoms with E-state index in [0.717, 1.165) is 16.9 Å². The molecule has 3 rings (SSSR count). The fourth-order valence-corrected chi connectivity index (χ4v) is 3.49. The third-order valence-electron chi connectivity index (χ3n) is 3.98. The topological polar surface area (TPSA) is 99.6 Å². The second-order valence-corrected chi connectivity index (χ2v) is 6.60. The zero-order valence-electron chi connectivity index (χ0n) is 13.3. The third kappa shape index (κ3) is 4.03. The molecule has 2 N–H and O–H groups in total. The number of benzene rings is 1. The van der Waals surface area contributed by atoms with Crippen molar-refractivity contribution in [3.05, 3.63) is 47.0 Å². The largest absolute Gasteiger partial charge is 0.480 e. The molecule has 1 aliphatic rings. The number of likely N-dealkylation sites (tertiary alicyclic amines) is 1. The molecule has 1 saturated heterocycles. The lowest BCUT2D eigenvalue weighted by atomic mass is 10.1. The van der Waals surface area contributed by atoms with E-state index >= 15 is 0 Å². The van der Waals surface area contributed by atoms with Crippen molar-refractivity contribution in [2.24, 2.45) is 0 Å². The Balaban J connectivity index is 1.63. The lowest BCUT2D eigenvalue weighted by Gasteiger charge is -2.20. The van der Waals surface area contributed by atoms with Crippen LogP contribution in [0.5, 0.6) is 0 Å². The Labute approximate surface area is 148 Å². The van der Waals surface area contributed by atoms with Crippen LogP contribution in [0, 0.1) is 0 Å². The summed E-state index contributed by atoms with van der Waals surface area (Å²) in [5.41, 5.74) is 1.04. The van der Waals surface area contributed by atoms with Gasteiger partial charge in [-0.25, -0.2) is 9.78 Å². The van der Waals surface area contributed by atoms with E-state index in [4.69, 9.17) is 0 Å². The number of carbonyl (C=O) groups excluding carboxylic acids is 2. The van der Waals surface area contributed by atoms with Gasteiger partial charge in [0.05, 0.1) is 6.42 Å². The van der Waals surface area contributed by atoms with Gasteiger partial charge in [0.1, 0.15) is 11.7 Å². The van der Waals surface area contributed by atoms with E-state index in [1.54, 1.807) is 0 Å². The van der Waals surface area contributed by atoms with Crippen LogP contribution >= 0.6 is 11.3 Å². The minimum atomic E-state index is -1.00. The first kappa shape index (κ1) is 17.1. The summed E-state index contributed by atoms with van der Waals surface area (Å²) in [6.07, 6.45) is 1.33. The standard InChI is InChI=1S/C17H17N3O4S/c21-14(9-11-5-2-1-3-6-11)19-17-18-12(10-25-17)15(22)20-8-4-7-13(20)16(23)24/h1-3,5-6,10,13H,4,7-9H2,(H,23,24)(H,18,19,21). The minimum Gasteiger partial charge on any atom is -0.480 e. The number of nitrogens with zero attached hydrogens (tertiary/aromatic N) is 2. The highest BCUT2D eigenvalue weighted by atomic mass is 32.1. The number of carboxylic acid groups (broad SMARTS) is 1. The second-order valence-electron chi connectivity index (χ2n) is 5.74. The molecule has 7 nitrogen and oxygen atoms in total. The van der Waals surface area contributed by atoms with Crippen LogP contribution in [0.4, 0.5) is 5.13 Å². The molecule has 2 aromatic rings. The summed E-state index contributed by atoms with van der Waals surface area (Å²) < 4.78 is 0. The summed E-state index contributed by atoms with van der Waals surface area (Å²) in [5.74, 6) is -1.63. The number of rotatable bonds is 5. The first-order chi connectivity index (χ1) is 12.0. The van der Waals surface area contributed by atoms with Crippen molar-refractivity contribution in [1.82, 2.24) is 9.88 Å². The van der Waals surface area contributed by atoms with Crippen LogP contribution in [0.2, 0.25) is 0 Å². The fourth-order valence-electron chi connectivity index (χ4n) is 2.79. The predicted octanol–water partition coefficient (Wildman–Crippen LogP) is 2.01. The summed E-state index contributed by atoms with van der Waals surface area (Å²) in [6, 6.07) is 8.51. The molecule has 1 aromatic heterocycles. The molecule has 0 radical (unpaired) electrons. The lowest BCUT2D eigenvalue weighted by molar-refractivity contribution is -0.141. The molecule has 0 bridgehead atoms. The van der Waals surface area contributed by atoms with Crippen molar-refractivity contribution < 1.29 is 19.5 Å². The molecule has 1 aliphatic heterocycles. The Kier molecular flexibility index (Phi) is 5.08. The molecule has 8 heteroatoms. The fraction of sp³-hybridized carbons (Fsp3) is 0.294. The van der Waals surface area contributed by atoms with Gasteiger partial charge in [-0.3, -0.25) is 9.59 Å². The van der Waals surface area contributed by atoms with Crippen molar-refractivity contribution in [3.8, 4) is 0 Å². The Morgan fingerprint density at radius 3 is 2.76 bits per heavy atom. The molecule has 0 saturated carbocycles. The molecule has 1 atom stereocenters. The van der Waals surface area contributed by atoms with E-state index in [-0.39, 0.29) is 18.0 Å². The SMILES string of the molecule is O=C(Cc1ccccc1)Nc1nc(C(=O)N2CCCC2C(=O)O)cs1. The Morgan fingerprint density at radius 2 is 2.04 bits per heavy atom. The number of carbonyl (C=O) groups is 3. The number of anilines is 1. The van der Waals surface area contributed by atoms with Gasteiger partial charge in [0.25, 0.3) is 5.91 Å². The zero-order chi connectivity index (χ0) is 17.8. The smallest absolute Gasteiger partial charge is 0.326 e. The van der Waals surface area contributed by atoms with Gasteiger partial charge in [0, 0.05) is 11.9 Å². The first-order valence-electron chi connectivity index (χ1n) is 7.87. The average molecular weight is 359 g/mol. The number of hydrogen-bond donors (Lipinski definition) is 2. The van der Waals surface area contributed by atoms with Crippen molar-refractivity contribution in [3.63, 3.8) is 0 Å². The zero-order valence-corrected chi connectivity index (χ0v) is 14.2. The van der Waals surface area contributed by atoms with Gasteiger partial charge in [0.2, 0.25) is 5.91 Å². The molecule has 1 fully saturated rings. The number of hydrogen-bond acceptors (Lipinski definition) is 5. The van der Waals surface area contributed by atoms with E-state index in [1.165, 1.54) is 10.3 Å². The van der Waals surface area contributed by atoms with Crippen LogP contribution in [0.1, 0.15) is 28.9 Å². The summed E-state index contributed by atoms with van der Waals surface area (Å²) in [4.78, 5) is 41.1. The maximum Gasteiger partial charge on any atom is 0.326 e. The summed E-state index contributed by atoms with van der Waals surface area (Å²) >= 11 is 1.15. The number of thiazole rings is 1. The Hall–Kier alpha value is -2.74. The maximum absolute atomic E-state index is 12.4. The third-order valence-corrected chi connectivity index (χ3v) is 4.73. The highest BCUT2D eigenvalue weighted by molar-refractivity contribution is 7.14. The second kappa shape index (κ2) is 7.43. The molecule has 0 spiro atoms. The lowest BCUT2D eigenvalue weighted by Crippen LogP contribution is -2.40. The molecule has 1 unspecified atom stereocenters. The van der Waals surface area contributed by atoms with Crippen LogP contribution in [-0.4, -0.2) is 45.4 Å². The highest BCUT2D eigenvalue weighted by Crippen LogP contribution is 2.23. The van der Waals surface area contributed by atoms with Crippen LogP contribution in [0.25, 0.3) is 0 Å². The van der Waals surface area contributed by atoms with Crippen molar-refractivity contribution in [2.75, 3.05) is 11.9 Å². The van der Waals surface area contributed by atoms with Crippen LogP contribution in [0.3, 0.4) is 0 Å². The summed E-state index contributed by atoms with van der Waals surface area (Å²) in [7, 11) is 0. The van der Waals surface area contributed by atoms with Crippen molar-refractivity contribution in [2.45, 2.75) is 25.3 Å². The molecule has 0 aliphatic carbocycles. The molecule has 130 valence electrons. The Morgan fingerprint density at radius 1 is 1.28 bits per heavy atom. The maximum atomic E-state index is 12.4. The van der Waals surface area contributed by atoms with E-state index < -0.39 is 17.9 Å². The van der Waals surface area contributed by atoms with Gasteiger partial charge in [0.15, 0.2) is 5.13 Å². The number of amides is 2. The van der Waals surface area contributed by atoms with Crippen LogP contribution < -0.4 is 5.32 Å². The quantitative estimate of drug-likeness (QED) is 0.851. The van der Waals surface area contributed by atoms with E-state index in [2.05, 4.69) is 10.3 Å². The average Bonchev–Trinajstić information content (AvgIpc) is 3.24. The van der Waals surface area contributed by atoms with Gasteiger partial charge in [-0.1, -0.05) is 30.3 Å². The molecule has 25 heavy (non-hydrogen) atoms. The highest BCUT2D eigenvalue weighted by Gasteiger charge is 2.35. The summed E-state index contributed by atoms with van der Waals surface area (Å²) in [5, 5.41) is 13.7. The van der Waals surface area contributed by atoms with Crippen molar-refractivity contribution >= 4 is 34.3 Å². The summed E-state index contributed by atoms with van der Waals surface area (Å²) in [6.45, 7) is 0.406.